The van der Waals surface area contributed by atoms with Crippen molar-refractivity contribution in [2.24, 2.45) is 16.6 Å². The molecule has 19 heavy (non-hydrogen) atoms. The van der Waals surface area contributed by atoms with E-state index in [1.165, 1.54) is 0 Å². The van der Waals surface area contributed by atoms with E-state index < -0.39 is 11.4 Å². The maximum Gasteiger partial charge on any atom is 0.311 e. The van der Waals surface area contributed by atoms with Gasteiger partial charge in [-0.2, -0.15) is 0 Å². The maximum atomic E-state index is 12.1. The summed E-state index contributed by atoms with van der Waals surface area (Å²) in [5.74, 6) is -0.749. The van der Waals surface area contributed by atoms with Crippen LogP contribution in [0.4, 0.5) is 0 Å². The Labute approximate surface area is 115 Å². The lowest BCUT2D eigenvalue weighted by Gasteiger charge is -2.25. The van der Waals surface area contributed by atoms with E-state index in [0.29, 0.717) is 32.5 Å². The Morgan fingerprint density at radius 2 is 2.00 bits per heavy atom. The van der Waals surface area contributed by atoms with Gasteiger partial charge in [0, 0.05) is 19.5 Å². The summed E-state index contributed by atoms with van der Waals surface area (Å²) >= 11 is 0. The van der Waals surface area contributed by atoms with Gasteiger partial charge >= 0.3 is 5.97 Å². The summed E-state index contributed by atoms with van der Waals surface area (Å²) in [4.78, 5) is 24.9. The summed E-state index contributed by atoms with van der Waals surface area (Å²) in [5.41, 5.74) is 4.85. The Morgan fingerprint density at radius 1 is 1.37 bits per heavy atom. The van der Waals surface area contributed by atoms with Crippen molar-refractivity contribution in [1.29, 1.82) is 0 Å². The Bertz CT molecular complexity index is 355. The molecule has 5 nitrogen and oxygen atoms in total. The SMILES string of the molecule is CC(C)(CCN)CCC(=O)N1CCC(C)(C(=O)O)C1. The first kappa shape index (κ1) is 16.0. The van der Waals surface area contributed by atoms with Gasteiger partial charge in [0.15, 0.2) is 0 Å². The van der Waals surface area contributed by atoms with Crippen LogP contribution >= 0.6 is 0 Å². The molecule has 1 aliphatic rings. The van der Waals surface area contributed by atoms with Crippen LogP contribution in [0.5, 0.6) is 0 Å². The molecule has 1 amide bonds. The number of carboxylic acid groups (broad SMARTS) is 1. The van der Waals surface area contributed by atoms with Crippen LogP contribution < -0.4 is 5.73 Å². The quantitative estimate of drug-likeness (QED) is 0.765. The van der Waals surface area contributed by atoms with Gasteiger partial charge in [0.05, 0.1) is 5.41 Å². The normalized spacial score (nSPS) is 23.7. The van der Waals surface area contributed by atoms with E-state index in [4.69, 9.17) is 10.8 Å². The number of carbonyl (C=O) groups excluding carboxylic acids is 1. The number of nitrogens with two attached hydrogens (primary N) is 1. The maximum absolute atomic E-state index is 12.1. The number of likely N-dealkylation sites (tertiary alicyclic amines) is 1. The van der Waals surface area contributed by atoms with Crippen molar-refractivity contribution in [2.75, 3.05) is 19.6 Å². The van der Waals surface area contributed by atoms with Gasteiger partial charge in [-0.1, -0.05) is 13.8 Å². The molecule has 1 atom stereocenters. The molecule has 1 unspecified atom stereocenters. The third-order valence-corrected chi connectivity index (χ3v) is 4.18. The lowest BCUT2D eigenvalue weighted by Crippen LogP contribution is -2.35. The molecule has 0 aliphatic carbocycles. The highest BCUT2D eigenvalue weighted by atomic mass is 16.4. The van der Waals surface area contributed by atoms with E-state index in [-0.39, 0.29) is 11.3 Å². The molecular formula is C14H26N2O3. The molecule has 0 saturated carbocycles. The molecular weight excluding hydrogens is 244 g/mol. The van der Waals surface area contributed by atoms with Crippen LogP contribution in [0.1, 0.15) is 46.5 Å². The van der Waals surface area contributed by atoms with Gasteiger partial charge in [-0.3, -0.25) is 9.59 Å². The molecule has 0 aromatic carbocycles. The lowest BCUT2D eigenvalue weighted by atomic mass is 9.84. The van der Waals surface area contributed by atoms with E-state index >= 15 is 0 Å². The molecule has 1 saturated heterocycles. The van der Waals surface area contributed by atoms with Crippen LogP contribution in [-0.4, -0.2) is 41.5 Å². The van der Waals surface area contributed by atoms with Gasteiger partial charge < -0.3 is 15.7 Å². The monoisotopic (exact) mass is 270 g/mol. The molecule has 0 bridgehead atoms. The van der Waals surface area contributed by atoms with Crippen LogP contribution in [0.3, 0.4) is 0 Å². The van der Waals surface area contributed by atoms with E-state index in [9.17, 15) is 9.59 Å². The van der Waals surface area contributed by atoms with E-state index in [1.54, 1.807) is 11.8 Å². The fourth-order valence-corrected chi connectivity index (χ4v) is 2.47. The van der Waals surface area contributed by atoms with Crippen molar-refractivity contribution in [3.8, 4) is 0 Å². The summed E-state index contributed by atoms with van der Waals surface area (Å²) in [5, 5.41) is 9.15. The van der Waals surface area contributed by atoms with Gasteiger partial charge in [-0.05, 0) is 38.1 Å². The smallest absolute Gasteiger partial charge is 0.311 e. The van der Waals surface area contributed by atoms with E-state index in [0.717, 1.165) is 12.8 Å². The van der Waals surface area contributed by atoms with Crippen LogP contribution in [-0.2, 0) is 9.59 Å². The molecule has 0 aromatic rings. The molecule has 1 heterocycles. The molecule has 3 N–H and O–H groups in total. The molecule has 1 aliphatic heterocycles. The van der Waals surface area contributed by atoms with Gasteiger partial charge in [0.25, 0.3) is 0 Å². The van der Waals surface area contributed by atoms with Crippen molar-refractivity contribution in [2.45, 2.75) is 46.5 Å². The highest BCUT2D eigenvalue weighted by Gasteiger charge is 2.42. The highest BCUT2D eigenvalue weighted by molar-refractivity contribution is 5.80. The molecule has 0 spiro atoms. The lowest BCUT2D eigenvalue weighted by molar-refractivity contribution is -0.147. The highest BCUT2D eigenvalue weighted by Crippen LogP contribution is 2.32. The van der Waals surface area contributed by atoms with Crippen molar-refractivity contribution in [3.05, 3.63) is 0 Å². The third kappa shape index (κ3) is 4.20. The van der Waals surface area contributed by atoms with Crippen LogP contribution in [0.2, 0.25) is 0 Å². The van der Waals surface area contributed by atoms with Gasteiger partial charge in [0.1, 0.15) is 0 Å². The predicted octanol–water partition coefficient (Wildman–Crippen LogP) is 1.46. The van der Waals surface area contributed by atoms with Crippen LogP contribution in [0.15, 0.2) is 0 Å². The second-order valence-electron chi connectivity index (χ2n) is 6.63. The number of aliphatic carboxylic acids is 1. The van der Waals surface area contributed by atoms with Gasteiger partial charge in [-0.15, -0.1) is 0 Å². The number of carbonyl (C=O) groups is 2. The van der Waals surface area contributed by atoms with Crippen molar-refractivity contribution >= 4 is 11.9 Å². The number of amides is 1. The Balaban J connectivity index is 2.46. The van der Waals surface area contributed by atoms with Gasteiger partial charge in [-0.25, -0.2) is 0 Å². The number of nitrogens with zero attached hydrogens (tertiary/aromatic N) is 1. The van der Waals surface area contributed by atoms with Crippen LogP contribution in [0.25, 0.3) is 0 Å². The number of carboxylic acids is 1. The Hall–Kier alpha value is -1.10. The number of hydrogen-bond acceptors (Lipinski definition) is 3. The average molecular weight is 270 g/mol. The molecule has 110 valence electrons. The van der Waals surface area contributed by atoms with Crippen LogP contribution in [0, 0.1) is 10.8 Å². The van der Waals surface area contributed by atoms with Crippen molar-refractivity contribution < 1.29 is 14.7 Å². The minimum atomic E-state index is -0.814. The minimum absolute atomic E-state index is 0.0649. The zero-order chi connectivity index (χ0) is 14.7. The molecule has 5 heteroatoms. The largest absolute Gasteiger partial charge is 0.481 e. The number of hydrogen-bond donors (Lipinski definition) is 2. The fraction of sp³-hybridized carbons (Fsp3) is 0.857. The Morgan fingerprint density at radius 3 is 2.47 bits per heavy atom. The molecule has 1 fully saturated rings. The van der Waals surface area contributed by atoms with E-state index in [2.05, 4.69) is 13.8 Å². The first-order valence-corrected chi connectivity index (χ1v) is 6.91. The van der Waals surface area contributed by atoms with Crippen molar-refractivity contribution in [3.63, 3.8) is 0 Å². The standard InChI is InChI=1S/C14H26N2O3/c1-13(2,6-8-15)5-4-11(17)16-9-7-14(3,10-16)12(18)19/h4-10,15H2,1-3H3,(H,18,19). The number of rotatable bonds is 6. The molecule has 1 rings (SSSR count). The Kier molecular flexibility index (Phi) is 4.96. The zero-order valence-corrected chi connectivity index (χ0v) is 12.2. The summed E-state index contributed by atoms with van der Waals surface area (Å²) in [6, 6.07) is 0. The second kappa shape index (κ2) is 5.90. The first-order chi connectivity index (χ1) is 8.70. The summed E-state index contributed by atoms with van der Waals surface area (Å²) in [6.45, 7) is 7.44. The average Bonchev–Trinajstić information content (AvgIpc) is 2.70. The molecule has 0 radical (unpaired) electrons. The molecule has 0 aromatic heterocycles. The topological polar surface area (TPSA) is 83.6 Å². The van der Waals surface area contributed by atoms with E-state index in [1.807, 2.05) is 0 Å². The zero-order valence-electron chi connectivity index (χ0n) is 12.2. The fourth-order valence-electron chi connectivity index (χ4n) is 2.47. The summed E-state index contributed by atoms with van der Waals surface area (Å²) < 4.78 is 0. The first-order valence-electron chi connectivity index (χ1n) is 6.91. The minimum Gasteiger partial charge on any atom is -0.481 e. The summed E-state index contributed by atoms with van der Waals surface area (Å²) in [6.07, 6.45) is 2.71. The summed E-state index contributed by atoms with van der Waals surface area (Å²) in [7, 11) is 0. The third-order valence-electron chi connectivity index (χ3n) is 4.18. The predicted molar refractivity (Wildman–Crippen MR) is 73.6 cm³/mol. The van der Waals surface area contributed by atoms with Gasteiger partial charge in [0.2, 0.25) is 5.91 Å². The van der Waals surface area contributed by atoms with Crippen molar-refractivity contribution in [1.82, 2.24) is 4.90 Å². The second-order valence-corrected chi connectivity index (χ2v) is 6.63.